The average Bonchev–Trinajstić information content (AvgIpc) is 2.66. The van der Waals surface area contributed by atoms with Gasteiger partial charge >= 0.3 is 0 Å². The standard InChI is InChI=1S/C11H9F3N2O4S/c1-2-10(13)7(19)11(14,4-17)20-8(10)16-3-5(12)6(18)15-9(16)21/h1,3,7-8,17,19H,4H2,(H,15,18,21)/t7?,8-,10?,11-/m1/s1. The lowest BCUT2D eigenvalue weighted by Gasteiger charge is -2.24. The highest BCUT2D eigenvalue weighted by Crippen LogP contribution is 2.47. The smallest absolute Gasteiger partial charge is 0.287 e. The second kappa shape index (κ2) is 4.96. The third kappa shape index (κ3) is 2.18. The summed E-state index contributed by atoms with van der Waals surface area (Å²) in [6, 6.07) is 0. The Morgan fingerprint density at radius 1 is 1.62 bits per heavy atom. The van der Waals surface area contributed by atoms with Crippen LogP contribution in [0.25, 0.3) is 0 Å². The van der Waals surface area contributed by atoms with E-state index in [0.29, 0.717) is 10.8 Å². The molecule has 1 fully saturated rings. The number of aromatic nitrogens is 2. The molecule has 114 valence electrons. The largest absolute Gasteiger partial charge is 0.390 e. The molecule has 6 nitrogen and oxygen atoms in total. The van der Waals surface area contributed by atoms with Crippen molar-refractivity contribution in [2.45, 2.75) is 23.9 Å². The lowest BCUT2D eigenvalue weighted by atomic mass is 9.96. The van der Waals surface area contributed by atoms with Gasteiger partial charge in [-0.05, 0) is 12.2 Å². The number of H-pyrrole nitrogens is 1. The monoisotopic (exact) mass is 322 g/mol. The number of nitrogens with one attached hydrogen (secondary N) is 1. The van der Waals surface area contributed by atoms with Gasteiger partial charge in [0, 0.05) is 0 Å². The van der Waals surface area contributed by atoms with Crippen molar-refractivity contribution in [1.29, 1.82) is 0 Å². The molecule has 2 unspecified atom stereocenters. The van der Waals surface area contributed by atoms with Gasteiger partial charge < -0.3 is 14.9 Å². The highest BCUT2D eigenvalue weighted by molar-refractivity contribution is 7.71. The molecule has 2 rings (SSSR count). The summed E-state index contributed by atoms with van der Waals surface area (Å²) in [4.78, 5) is 12.9. The Morgan fingerprint density at radius 3 is 2.76 bits per heavy atom. The number of rotatable bonds is 2. The Balaban J connectivity index is 2.64. The summed E-state index contributed by atoms with van der Waals surface area (Å²) in [7, 11) is 0. The van der Waals surface area contributed by atoms with Crippen LogP contribution in [0.15, 0.2) is 11.0 Å². The zero-order valence-electron chi connectivity index (χ0n) is 10.2. The third-order valence-electron chi connectivity index (χ3n) is 3.09. The molecule has 21 heavy (non-hydrogen) atoms. The van der Waals surface area contributed by atoms with Gasteiger partial charge in [0.15, 0.2) is 17.1 Å². The summed E-state index contributed by atoms with van der Waals surface area (Å²) >= 11 is 4.69. The molecule has 0 aliphatic carbocycles. The highest BCUT2D eigenvalue weighted by atomic mass is 32.1. The summed E-state index contributed by atoms with van der Waals surface area (Å²) < 4.78 is 46.6. The molecule has 2 heterocycles. The second-order valence-electron chi connectivity index (χ2n) is 4.37. The van der Waals surface area contributed by atoms with Gasteiger partial charge in [0.25, 0.3) is 11.4 Å². The molecule has 0 aromatic carbocycles. The number of alkyl halides is 2. The first-order chi connectivity index (χ1) is 9.69. The first kappa shape index (κ1) is 15.7. The van der Waals surface area contributed by atoms with Crippen LogP contribution in [0, 0.1) is 22.9 Å². The van der Waals surface area contributed by atoms with Crippen LogP contribution in [-0.2, 0) is 4.74 Å². The summed E-state index contributed by atoms with van der Waals surface area (Å²) in [5.41, 5.74) is -4.31. The van der Waals surface area contributed by atoms with E-state index in [4.69, 9.17) is 23.7 Å². The van der Waals surface area contributed by atoms with Gasteiger partial charge in [-0.2, -0.15) is 4.39 Å². The first-order valence-electron chi connectivity index (χ1n) is 5.53. The summed E-state index contributed by atoms with van der Waals surface area (Å²) in [6.45, 7) is -1.39. The van der Waals surface area contributed by atoms with Crippen molar-refractivity contribution >= 4 is 12.2 Å². The molecule has 0 spiro atoms. The van der Waals surface area contributed by atoms with Gasteiger partial charge in [0.2, 0.25) is 11.5 Å². The van der Waals surface area contributed by atoms with Crippen LogP contribution in [0.2, 0.25) is 0 Å². The van der Waals surface area contributed by atoms with Crippen LogP contribution >= 0.6 is 12.2 Å². The van der Waals surface area contributed by atoms with Crippen molar-refractivity contribution in [3.05, 3.63) is 27.1 Å². The maximum atomic E-state index is 14.6. The Kier molecular flexibility index (Phi) is 3.71. The fraction of sp³-hybridized carbons (Fsp3) is 0.455. The lowest BCUT2D eigenvalue weighted by molar-refractivity contribution is -0.207. The molecule has 0 amide bonds. The zero-order valence-corrected chi connectivity index (χ0v) is 11.0. The van der Waals surface area contributed by atoms with Crippen molar-refractivity contribution in [3.8, 4) is 12.3 Å². The Hall–Kier alpha value is -1.67. The fourth-order valence-electron chi connectivity index (χ4n) is 1.95. The number of hydrogen-bond donors (Lipinski definition) is 3. The van der Waals surface area contributed by atoms with E-state index in [1.54, 1.807) is 0 Å². The summed E-state index contributed by atoms with van der Waals surface area (Å²) in [5, 5.41) is 18.5. The highest BCUT2D eigenvalue weighted by Gasteiger charge is 2.66. The number of halogens is 3. The van der Waals surface area contributed by atoms with Gasteiger partial charge in [0.05, 0.1) is 6.20 Å². The second-order valence-corrected chi connectivity index (χ2v) is 4.76. The molecule has 0 saturated carbocycles. The summed E-state index contributed by atoms with van der Waals surface area (Å²) in [5.74, 6) is -3.03. The van der Waals surface area contributed by atoms with Crippen LogP contribution < -0.4 is 5.56 Å². The number of hydrogen-bond acceptors (Lipinski definition) is 5. The number of aliphatic hydroxyl groups excluding tert-OH is 2. The van der Waals surface area contributed by atoms with Crippen LogP contribution in [0.5, 0.6) is 0 Å². The van der Waals surface area contributed by atoms with E-state index in [9.17, 15) is 23.1 Å². The quantitative estimate of drug-likeness (QED) is 0.524. The maximum Gasteiger partial charge on any atom is 0.287 e. The SMILES string of the molecule is C#CC1(F)C(O)[C@@](F)(CO)O[C@H]1n1cc(F)c(=O)[nH]c1=S. The van der Waals surface area contributed by atoms with E-state index in [-0.39, 0.29) is 0 Å². The predicted octanol–water partition coefficient (Wildman–Crippen LogP) is -0.0657. The van der Waals surface area contributed by atoms with Crippen molar-refractivity contribution < 1.29 is 28.1 Å². The lowest BCUT2D eigenvalue weighted by Crippen LogP contribution is -2.47. The normalized spacial score (nSPS) is 35.6. The number of aromatic amines is 1. The molecule has 1 aliphatic rings. The molecule has 0 radical (unpaired) electrons. The van der Waals surface area contributed by atoms with E-state index >= 15 is 0 Å². The van der Waals surface area contributed by atoms with E-state index < -0.39 is 46.6 Å². The van der Waals surface area contributed by atoms with E-state index in [1.807, 2.05) is 4.98 Å². The molecule has 1 saturated heterocycles. The van der Waals surface area contributed by atoms with Crippen molar-refractivity contribution in [3.63, 3.8) is 0 Å². The Bertz CT molecular complexity index is 729. The topological polar surface area (TPSA) is 87.5 Å². The predicted molar refractivity (Wildman–Crippen MR) is 65.6 cm³/mol. The van der Waals surface area contributed by atoms with E-state index in [0.717, 1.165) is 0 Å². The number of ether oxygens (including phenoxy) is 1. The van der Waals surface area contributed by atoms with Crippen LogP contribution in [-0.4, -0.2) is 44.0 Å². The molecule has 1 aromatic heterocycles. The molecular formula is C11H9F3N2O4S. The minimum absolute atomic E-state index is 0.466. The van der Waals surface area contributed by atoms with Gasteiger partial charge in [0.1, 0.15) is 6.61 Å². The zero-order chi connectivity index (χ0) is 16.0. The van der Waals surface area contributed by atoms with Crippen LogP contribution in [0.3, 0.4) is 0 Å². The fourth-order valence-corrected chi connectivity index (χ4v) is 2.19. The van der Waals surface area contributed by atoms with E-state index in [1.165, 1.54) is 5.92 Å². The van der Waals surface area contributed by atoms with Crippen molar-refractivity contribution in [1.82, 2.24) is 9.55 Å². The van der Waals surface area contributed by atoms with Gasteiger partial charge in [-0.3, -0.25) is 14.3 Å². The third-order valence-corrected chi connectivity index (χ3v) is 3.40. The molecular weight excluding hydrogens is 313 g/mol. The summed E-state index contributed by atoms with van der Waals surface area (Å²) in [6.07, 6.45) is 0.804. The molecule has 0 bridgehead atoms. The van der Waals surface area contributed by atoms with Crippen LogP contribution in [0.4, 0.5) is 13.2 Å². The van der Waals surface area contributed by atoms with Gasteiger partial charge in [-0.15, -0.1) is 6.42 Å². The van der Waals surface area contributed by atoms with Crippen molar-refractivity contribution in [2.75, 3.05) is 6.61 Å². The Morgan fingerprint density at radius 2 is 2.24 bits per heavy atom. The number of terminal acetylenes is 1. The van der Waals surface area contributed by atoms with Gasteiger partial charge in [-0.1, -0.05) is 5.92 Å². The molecule has 10 heteroatoms. The van der Waals surface area contributed by atoms with Crippen molar-refractivity contribution in [2.24, 2.45) is 0 Å². The minimum Gasteiger partial charge on any atom is -0.390 e. The molecule has 4 atom stereocenters. The number of aliphatic hydroxyl groups is 2. The van der Waals surface area contributed by atoms with Crippen LogP contribution in [0.1, 0.15) is 6.23 Å². The molecule has 1 aromatic rings. The molecule has 3 N–H and O–H groups in total. The first-order valence-corrected chi connectivity index (χ1v) is 5.93. The molecule has 1 aliphatic heterocycles. The average molecular weight is 322 g/mol. The minimum atomic E-state index is -3.20. The Labute approximate surface area is 120 Å². The van der Waals surface area contributed by atoms with E-state index in [2.05, 4.69) is 4.74 Å². The maximum absolute atomic E-state index is 14.6. The number of nitrogens with zero attached hydrogens (tertiary/aromatic N) is 1. The van der Waals surface area contributed by atoms with Gasteiger partial charge in [-0.25, -0.2) is 8.78 Å².